The fourth-order valence-electron chi connectivity index (χ4n) is 3.18. The van der Waals surface area contributed by atoms with Crippen LogP contribution in [0.4, 0.5) is 0 Å². The van der Waals surface area contributed by atoms with E-state index in [9.17, 15) is 9.90 Å². The predicted octanol–water partition coefficient (Wildman–Crippen LogP) is 5.23. The van der Waals surface area contributed by atoms with Gasteiger partial charge in [0.1, 0.15) is 5.75 Å². The minimum atomic E-state index is -0.805. The van der Waals surface area contributed by atoms with Gasteiger partial charge in [0, 0.05) is 5.56 Å². The Kier molecular flexibility index (Phi) is 5.81. The minimum absolute atomic E-state index is 0.287. The third-order valence-electron chi connectivity index (χ3n) is 4.91. The second-order valence-corrected chi connectivity index (χ2v) is 7.72. The molecule has 0 saturated heterocycles. The first kappa shape index (κ1) is 19.0. The Morgan fingerprint density at radius 3 is 2.48 bits per heavy atom. The SMILES string of the molecule is CC(C)CC(C(=O)O)c1ccc(OCC2CC2)c(-c2ccc(C#N)cc2)c1. The van der Waals surface area contributed by atoms with Crippen LogP contribution in [0.25, 0.3) is 11.1 Å². The highest BCUT2D eigenvalue weighted by molar-refractivity contribution is 5.79. The van der Waals surface area contributed by atoms with E-state index in [0.717, 1.165) is 22.4 Å². The van der Waals surface area contributed by atoms with Crippen molar-refractivity contribution < 1.29 is 14.6 Å². The molecular formula is C23H25NO3. The van der Waals surface area contributed by atoms with Crippen LogP contribution in [-0.4, -0.2) is 17.7 Å². The molecule has 0 aliphatic heterocycles. The first-order chi connectivity index (χ1) is 13.0. The third-order valence-corrected chi connectivity index (χ3v) is 4.91. The Bertz CT molecular complexity index is 845. The lowest BCUT2D eigenvalue weighted by molar-refractivity contribution is -0.139. The van der Waals surface area contributed by atoms with Gasteiger partial charge < -0.3 is 9.84 Å². The number of hydrogen-bond donors (Lipinski definition) is 1. The Labute approximate surface area is 160 Å². The number of rotatable bonds is 8. The van der Waals surface area contributed by atoms with Crippen LogP contribution >= 0.6 is 0 Å². The minimum Gasteiger partial charge on any atom is -0.493 e. The van der Waals surface area contributed by atoms with E-state index in [1.54, 1.807) is 12.1 Å². The Morgan fingerprint density at radius 2 is 1.93 bits per heavy atom. The molecule has 1 N–H and O–H groups in total. The van der Waals surface area contributed by atoms with Crippen molar-refractivity contribution in [1.29, 1.82) is 5.26 Å². The van der Waals surface area contributed by atoms with Crippen LogP contribution in [0, 0.1) is 23.2 Å². The molecule has 1 atom stereocenters. The van der Waals surface area contributed by atoms with E-state index < -0.39 is 11.9 Å². The van der Waals surface area contributed by atoms with E-state index >= 15 is 0 Å². The molecule has 0 spiro atoms. The molecule has 4 heteroatoms. The van der Waals surface area contributed by atoms with E-state index in [-0.39, 0.29) is 5.92 Å². The van der Waals surface area contributed by atoms with Gasteiger partial charge in [-0.15, -0.1) is 0 Å². The number of carbonyl (C=O) groups is 1. The van der Waals surface area contributed by atoms with Crippen molar-refractivity contribution in [1.82, 2.24) is 0 Å². The highest BCUT2D eigenvalue weighted by Crippen LogP contribution is 2.37. The van der Waals surface area contributed by atoms with E-state index in [0.29, 0.717) is 24.5 Å². The molecule has 1 aliphatic rings. The second-order valence-electron chi connectivity index (χ2n) is 7.72. The number of nitrogens with zero attached hydrogens (tertiary/aromatic N) is 1. The summed E-state index contributed by atoms with van der Waals surface area (Å²) in [5.41, 5.74) is 3.19. The van der Waals surface area contributed by atoms with Crippen LogP contribution in [0.3, 0.4) is 0 Å². The van der Waals surface area contributed by atoms with Crippen LogP contribution in [-0.2, 0) is 4.79 Å². The molecule has 1 unspecified atom stereocenters. The molecule has 1 aliphatic carbocycles. The molecule has 1 fully saturated rings. The zero-order valence-electron chi connectivity index (χ0n) is 15.8. The maximum Gasteiger partial charge on any atom is 0.310 e. The van der Waals surface area contributed by atoms with Crippen molar-refractivity contribution in [2.75, 3.05) is 6.61 Å². The van der Waals surface area contributed by atoms with Crippen molar-refractivity contribution >= 4 is 5.97 Å². The standard InChI is InChI=1S/C23H25NO3/c1-15(2)11-21(23(25)26)19-9-10-22(27-14-17-3-4-17)20(12-19)18-7-5-16(13-24)6-8-18/h5-10,12,15,17,21H,3-4,11,14H2,1-2H3,(H,25,26). The largest absolute Gasteiger partial charge is 0.493 e. The number of hydrogen-bond acceptors (Lipinski definition) is 3. The van der Waals surface area contributed by atoms with Crippen LogP contribution in [0.2, 0.25) is 0 Å². The van der Waals surface area contributed by atoms with Gasteiger partial charge in [-0.05, 0) is 66.5 Å². The Morgan fingerprint density at radius 1 is 1.22 bits per heavy atom. The third kappa shape index (κ3) is 4.89. The summed E-state index contributed by atoms with van der Waals surface area (Å²) in [6.07, 6.45) is 3.00. The molecule has 0 amide bonds. The molecule has 0 aromatic heterocycles. The van der Waals surface area contributed by atoms with Gasteiger partial charge in [0.2, 0.25) is 0 Å². The molecule has 27 heavy (non-hydrogen) atoms. The van der Waals surface area contributed by atoms with Crippen molar-refractivity contribution in [2.24, 2.45) is 11.8 Å². The number of nitriles is 1. The van der Waals surface area contributed by atoms with Gasteiger partial charge in [-0.1, -0.05) is 32.0 Å². The van der Waals surface area contributed by atoms with Crippen molar-refractivity contribution in [3.8, 4) is 22.9 Å². The molecule has 140 valence electrons. The van der Waals surface area contributed by atoms with E-state index in [1.807, 2.05) is 44.2 Å². The first-order valence-electron chi connectivity index (χ1n) is 9.48. The quantitative estimate of drug-likeness (QED) is 0.697. The fraction of sp³-hybridized carbons (Fsp3) is 0.391. The molecule has 1 saturated carbocycles. The zero-order chi connectivity index (χ0) is 19.4. The average Bonchev–Trinajstić information content (AvgIpc) is 3.48. The summed E-state index contributed by atoms with van der Waals surface area (Å²) in [4.78, 5) is 11.8. The summed E-state index contributed by atoms with van der Waals surface area (Å²) in [6.45, 7) is 4.76. The summed E-state index contributed by atoms with van der Waals surface area (Å²) < 4.78 is 6.04. The van der Waals surface area contributed by atoms with Crippen LogP contribution in [0.15, 0.2) is 42.5 Å². The molecule has 2 aromatic rings. The lowest BCUT2D eigenvalue weighted by Crippen LogP contribution is -2.14. The van der Waals surface area contributed by atoms with Crippen LogP contribution in [0.5, 0.6) is 5.75 Å². The van der Waals surface area contributed by atoms with Gasteiger partial charge in [0.05, 0.1) is 24.2 Å². The van der Waals surface area contributed by atoms with Gasteiger partial charge in [-0.3, -0.25) is 4.79 Å². The molecule has 2 aromatic carbocycles. The molecular weight excluding hydrogens is 338 g/mol. The van der Waals surface area contributed by atoms with Gasteiger partial charge in [-0.2, -0.15) is 5.26 Å². The molecule has 0 heterocycles. The Balaban J connectivity index is 1.98. The molecule has 0 bridgehead atoms. The van der Waals surface area contributed by atoms with Crippen LogP contribution in [0.1, 0.15) is 50.2 Å². The summed E-state index contributed by atoms with van der Waals surface area (Å²) in [6, 6.07) is 15.1. The fourth-order valence-corrected chi connectivity index (χ4v) is 3.18. The monoisotopic (exact) mass is 363 g/mol. The maximum absolute atomic E-state index is 11.8. The predicted molar refractivity (Wildman–Crippen MR) is 105 cm³/mol. The molecule has 4 nitrogen and oxygen atoms in total. The summed E-state index contributed by atoms with van der Waals surface area (Å²) in [7, 11) is 0. The highest BCUT2D eigenvalue weighted by atomic mass is 16.5. The number of benzene rings is 2. The zero-order valence-corrected chi connectivity index (χ0v) is 15.8. The normalized spacial score (nSPS) is 14.6. The summed E-state index contributed by atoms with van der Waals surface area (Å²) in [5.74, 6) is 0.339. The summed E-state index contributed by atoms with van der Waals surface area (Å²) >= 11 is 0. The lowest BCUT2D eigenvalue weighted by Gasteiger charge is -2.18. The number of carboxylic acid groups (broad SMARTS) is 1. The van der Waals surface area contributed by atoms with Crippen LogP contribution < -0.4 is 4.74 Å². The highest BCUT2D eigenvalue weighted by Gasteiger charge is 2.25. The second kappa shape index (κ2) is 8.26. The first-order valence-corrected chi connectivity index (χ1v) is 9.48. The molecule has 3 rings (SSSR count). The number of ether oxygens (including phenoxy) is 1. The van der Waals surface area contributed by atoms with Crippen molar-refractivity contribution in [3.63, 3.8) is 0 Å². The van der Waals surface area contributed by atoms with Gasteiger partial charge in [-0.25, -0.2) is 0 Å². The number of carboxylic acids is 1. The van der Waals surface area contributed by atoms with Gasteiger partial charge in [0.25, 0.3) is 0 Å². The number of aliphatic carboxylic acids is 1. The van der Waals surface area contributed by atoms with Crippen molar-refractivity contribution in [3.05, 3.63) is 53.6 Å². The van der Waals surface area contributed by atoms with Gasteiger partial charge in [0.15, 0.2) is 0 Å². The average molecular weight is 363 g/mol. The smallest absolute Gasteiger partial charge is 0.310 e. The lowest BCUT2D eigenvalue weighted by atomic mass is 9.88. The Hall–Kier alpha value is -2.80. The van der Waals surface area contributed by atoms with E-state index in [1.165, 1.54) is 12.8 Å². The van der Waals surface area contributed by atoms with E-state index in [4.69, 9.17) is 10.00 Å². The van der Waals surface area contributed by atoms with E-state index in [2.05, 4.69) is 6.07 Å². The van der Waals surface area contributed by atoms with Crippen molar-refractivity contribution in [2.45, 2.75) is 39.0 Å². The topological polar surface area (TPSA) is 70.3 Å². The maximum atomic E-state index is 11.8. The van der Waals surface area contributed by atoms with Gasteiger partial charge >= 0.3 is 5.97 Å². The summed E-state index contributed by atoms with van der Waals surface area (Å²) in [5, 5.41) is 18.7. The molecule has 0 radical (unpaired) electrons.